The lowest BCUT2D eigenvalue weighted by molar-refractivity contribution is 1.18. The molecule has 4 nitrogen and oxygen atoms in total. The second-order valence-corrected chi connectivity index (χ2v) is 12.2. The van der Waals surface area contributed by atoms with Crippen LogP contribution in [0.25, 0.3) is 98.7 Å². The average Bonchev–Trinajstić information content (AvgIpc) is 3.77. The number of aromatic nitrogens is 4. The van der Waals surface area contributed by atoms with Crippen LogP contribution in [0.2, 0.25) is 0 Å². The molecule has 0 atom stereocenters. The fraction of sp³-hybridized carbons (Fsp3) is 0. The highest BCUT2D eigenvalue weighted by molar-refractivity contribution is 6.25. The van der Waals surface area contributed by atoms with E-state index in [1.165, 1.54) is 54.4 Å². The van der Waals surface area contributed by atoms with Gasteiger partial charge >= 0.3 is 0 Å². The van der Waals surface area contributed by atoms with E-state index in [2.05, 4.69) is 142 Å². The molecule has 0 saturated carbocycles. The standard InChI is InChI=1S/C42H24N4/c1-3-17-35-27(10-1)30-13-6-16-33(34-23-22-26-21-20-25-9-8-24-43-38(25)39(26)44-34)41(30)45(35)37-19-7-15-32-31-14-5-12-29-28-11-2-4-18-36(28)46(40(29)31)42(32)37/h1-24H. The van der Waals surface area contributed by atoms with Crippen LogP contribution in [-0.4, -0.2) is 18.9 Å². The fourth-order valence-corrected chi connectivity index (χ4v) is 7.98. The highest BCUT2D eigenvalue weighted by atomic mass is 15.0. The Kier molecular flexibility index (Phi) is 4.55. The van der Waals surface area contributed by atoms with Crippen LogP contribution < -0.4 is 0 Å². The number of hydrogen-bond donors (Lipinski definition) is 0. The zero-order chi connectivity index (χ0) is 29.9. The van der Waals surface area contributed by atoms with Crippen LogP contribution in [0, 0.1) is 0 Å². The van der Waals surface area contributed by atoms with Gasteiger partial charge in [-0.25, -0.2) is 4.98 Å². The van der Waals surface area contributed by atoms with Crippen molar-refractivity contribution in [3.05, 3.63) is 146 Å². The molecule has 0 aliphatic carbocycles. The van der Waals surface area contributed by atoms with Crippen LogP contribution in [0.15, 0.2) is 146 Å². The van der Waals surface area contributed by atoms with Crippen molar-refractivity contribution in [1.82, 2.24) is 18.9 Å². The second-order valence-electron chi connectivity index (χ2n) is 12.2. The van der Waals surface area contributed by atoms with E-state index in [1.807, 2.05) is 12.3 Å². The first-order chi connectivity index (χ1) is 22.8. The Hall–Kier alpha value is -6.26. The normalized spacial score (nSPS) is 12.3. The topological polar surface area (TPSA) is 35.1 Å². The average molecular weight is 585 g/mol. The predicted molar refractivity (Wildman–Crippen MR) is 191 cm³/mol. The van der Waals surface area contributed by atoms with Gasteiger partial charge in [0.25, 0.3) is 0 Å². The van der Waals surface area contributed by atoms with Gasteiger partial charge in [-0.2, -0.15) is 0 Å². The monoisotopic (exact) mass is 584 g/mol. The molecule has 0 saturated heterocycles. The van der Waals surface area contributed by atoms with E-state index in [4.69, 9.17) is 9.97 Å². The molecule has 0 bridgehead atoms. The molecule has 0 unspecified atom stereocenters. The SMILES string of the molecule is c1cnc2c(c1)ccc1ccc(-c3cccc4c5ccccc5n(-c5cccc6c7cccc8c9ccccc9n(c56)c87)c34)nc12. The summed E-state index contributed by atoms with van der Waals surface area (Å²) in [5, 5.41) is 9.73. The molecule has 0 N–H and O–H groups in total. The van der Waals surface area contributed by atoms with Gasteiger partial charge < -0.3 is 8.97 Å². The summed E-state index contributed by atoms with van der Waals surface area (Å²) in [7, 11) is 0. The molecule has 46 heavy (non-hydrogen) atoms. The minimum absolute atomic E-state index is 0.924. The molecule has 0 aliphatic heterocycles. The van der Waals surface area contributed by atoms with E-state index in [1.54, 1.807) is 0 Å². The summed E-state index contributed by atoms with van der Waals surface area (Å²) >= 11 is 0. The first-order valence-corrected chi connectivity index (χ1v) is 15.7. The number of hydrogen-bond acceptors (Lipinski definition) is 2. The van der Waals surface area contributed by atoms with Gasteiger partial charge in [0.1, 0.15) is 0 Å². The Morgan fingerprint density at radius 1 is 0.413 bits per heavy atom. The summed E-state index contributed by atoms with van der Waals surface area (Å²) in [6, 6.07) is 50.3. The van der Waals surface area contributed by atoms with Crippen molar-refractivity contribution in [2.45, 2.75) is 0 Å². The number of pyridine rings is 2. The fourth-order valence-electron chi connectivity index (χ4n) is 7.98. The van der Waals surface area contributed by atoms with Gasteiger partial charge in [0, 0.05) is 54.9 Å². The lowest BCUT2D eigenvalue weighted by Crippen LogP contribution is -1.99. The van der Waals surface area contributed by atoms with Gasteiger partial charge in [-0.3, -0.25) is 4.98 Å². The molecule has 5 aromatic heterocycles. The van der Waals surface area contributed by atoms with E-state index in [0.717, 1.165) is 44.3 Å². The zero-order valence-corrected chi connectivity index (χ0v) is 24.6. The van der Waals surface area contributed by atoms with Gasteiger partial charge in [-0.05, 0) is 30.3 Å². The van der Waals surface area contributed by atoms with Gasteiger partial charge in [-0.15, -0.1) is 0 Å². The summed E-state index contributed by atoms with van der Waals surface area (Å²) in [5.74, 6) is 0. The number of benzene rings is 6. The third-order valence-corrected chi connectivity index (χ3v) is 9.87. The van der Waals surface area contributed by atoms with Crippen LogP contribution in [0.3, 0.4) is 0 Å². The minimum Gasteiger partial charge on any atom is -0.306 e. The molecule has 11 aromatic rings. The molecular weight excluding hydrogens is 560 g/mol. The van der Waals surface area contributed by atoms with Crippen LogP contribution in [0.1, 0.15) is 0 Å². The van der Waals surface area contributed by atoms with Crippen molar-refractivity contribution in [1.29, 1.82) is 0 Å². The minimum atomic E-state index is 0.924. The van der Waals surface area contributed by atoms with E-state index in [9.17, 15) is 0 Å². The van der Waals surface area contributed by atoms with Crippen LogP contribution in [0.4, 0.5) is 0 Å². The van der Waals surface area contributed by atoms with Gasteiger partial charge in [0.2, 0.25) is 0 Å². The Bertz CT molecular complexity index is 3030. The number of para-hydroxylation sites is 5. The molecule has 0 aliphatic rings. The quantitative estimate of drug-likeness (QED) is 0.190. The van der Waals surface area contributed by atoms with Gasteiger partial charge in [-0.1, -0.05) is 109 Å². The Morgan fingerprint density at radius 2 is 1.02 bits per heavy atom. The van der Waals surface area contributed by atoms with Crippen LogP contribution in [0.5, 0.6) is 0 Å². The first kappa shape index (κ1) is 24.1. The molecule has 0 fully saturated rings. The van der Waals surface area contributed by atoms with Crippen molar-refractivity contribution in [3.63, 3.8) is 0 Å². The molecule has 0 spiro atoms. The van der Waals surface area contributed by atoms with Gasteiger partial charge in [0.05, 0.1) is 50.0 Å². The zero-order valence-electron chi connectivity index (χ0n) is 24.6. The maximum Gasteiger partial charge on any atom is 0.0972 e. The smallest absolute Gasteiger partial charge is 0.0972 e. The second kappa shape index (κ2) is 8.68. The molecule has 0 amide bonds. The lowest BCUT2D eigenvalue weighted by Gasteiger charge is -2.14. The lowest BCUT2D eigenvalue weighted by atomic mass is 10.0. The molecule has 5 heterocycles. The third-order valence-electron chi connectivity index (χ3n) is 9.87. The van der Waals surface area contributed by atoms with Crippen LogP contribution >= 0.6 is 0 Å². The summed E-state index contributed by atoms with van der Waals surface area (Å²) in [4.78, 5) is 10.0. The largest absolute Gasteiger partial charge is 0.306 e. The number of rotatable bonds is 2. The molecule has 212 valence electrons. The van der Waals surface area contributed by atoms with E-state index >= 15 is 0 Å². The van der Waals surface area contributed by atoms with E-state index in [-0.39, 0.29) is 0 Å². The van der Waals surface area contributed by atoms with Crippen molar-refractivity contribution < 1.29 is 0 Å². The highest BCUT2D eigenvalue weighted by Crippen LogP contribution is 2.44. The predicted octanol–water partition coefficient (Wildman–Crippen LogP) is 10.7. The van der Waals surface area contributed by atoms with Crippen LogP contribution in [-0.2, 0) is 0 Å². The maximum absolute atomic E-state index is 5.32. The third kappa shape index (κ3) is 2.98. The van der Waals surface area contributed by atoms with Crippen molar-refractivity contribution >= 4 is 81.7 Å². The Balaban J connectivity index is 1.32. The Labute approximate surface area is 262 Å². The molecule has 11 rings (SSSR count). The summed E-state index contributed by atoms with van der Waals surface area (Å²) in [6.45, 7) is 0. The number of fused-ring (bicyclic) bond motifs is 12. The maximum atomic E-state index is 5.32. The van der Waals surface area contributed by atoms with Gasteiger partial charge in [0.15, 0.2) is 0 Å². The number of nitrogens with zero attached hydrogens (tertiary/aromatic N) is 4. The Morgan fingerprint density at radius 3 is 1.87 bits per heavy atom. The van der Waals surface area contributed by atoms with E-state index in [0.29, 0.717) is 0 Å². The molecule has 4 heteroatoms. The molecule has 0 radical (unpaired) electrons. The van der Waals surface area contributed by atoms with E-state index < -0.39 is 0 Å². The first-order valence-electron chi connectivity index (χ1n) is 15.7. The van der Waals surface area contributed by atoms with Crippen molar-refractivity contribution in [2.75, 3.05) is 0 Å². The molecular formula is C42H24N4. The highest BCUT2D eigenvalue weighted by Gasteiger charge is 2.23. The van der Waals surface area contributed by atoms with Crippen molar-refractivity contribution in [3.8, 4) is 16.9 Å². The summed E-state index contributed by atoms with van der Waals surface area (Å²) in [6.07, 6.45) is 1.85. The summed E-state index contributed by atoms with van der Waals surface area (Å²) in [5.41, 5.74) is 11.1. The summed E-state index contributed by atoms with van der Waals surface area (Å²) < 4.78 is 4.96. The molecule has 6 aromatic carbocycles. The van der Waals surface area contributed by atoms with Crippen molar-refractivity contribution in [2.24, 2.45) is 0 Å².